The zero-order valence-electron chi connectivity index (χ0n) is 13.4. The van der Waals surface area contributed by atoms with Gasteiger partial charge in [0.2, 0.25) is 5.91 Å². The normalized spacial score (nSPS) is 22.8. The van der Waals surface area contributed by atoms with E-state index in [2.05, 4.69) is 35.9 Å². The third kappa shape index (κ3) is 4.19. The van der Waals surface area contributed by atoms with Crippen molar-refractivity contribution in [1.82, 2.24) is 15.1 Å². The van der Waals surface area contributed by atoms with E-state index in [-0.39, 0.29) is 0 Å². The fourth-order valence-electron chi connectivity index (χ4n) is 3.41. The van der Waals surface area contributed by atoms with E-state index in [9.17, 15) is 4.79 Å². The first-order valence-corrected chi connectivity index (χ1v) is 8.40. The summed E-state index contributed by atoms with van der Waals surface area (Å²) in [6, 6.07) is 1.16. The maximum atomic E-state index is 12.3. The average Bonchev–Trinajstić information content (AvgIpc) is 3.25. The molecule has 0 aromatic rings. The van der Waals surface area contributed by atoms with E-state index in [1.165, 1.54) is 25.7 Å². The second-order valence-electron chi connectivity index (χ2n) is 6.37. The lowest BCUT2D eigenvalue weighted by atomic mass is 9.90. The van der Waals surface area contributed by atoms with Crippen molar-refractivity contribution in [3.8, 4) is 0 Å². The van der Waals surface area contributed by atoms with Crippen molar-refractivity contribution in [3.63, 3.8) is 0 Å². The van der Waals surface area contributed by atoms with Crippen LogP contribution in [0.25, 0.3) is 0 Å². The number of amides is 1. The molecule has 0 radical (unpaired) electrons. The van der Waals surface area contributed by atoms with Crippen LogP contribution >= 0.6 is 0 Å². The lowest BCUT2D eigenvalue weighted by Crippen LogP contribution is -2.46. The highest BCUT2D eigenvalue weighted by atomic mass is 16.2. The van der Waals surface area contributed by atoms with Crippen LogP contribution in [0.4, 0.5) is 0 Å². The van der Waals surface area contributed by atoms with Gasteiger partial charge in [-0.25, -0.2) is 0 Å². The predicted octanol–water partition coefficient (Wildman–Crippen LogP) is 1.71. The third-order valence-corrected chi connectivity index (χ3v) is 4.87. The van der Waals surface area contributed by atoms with Crippen molar-refractivity contribution in [2.24, 2.45) is 5.92 Å². The number of carbonyl (C=O) groups is 1. The number of hydrogen-bond donors (Lipinski definition) is 1. The topological polar surface area (TPSA) is 35.6 Å². The van der Waals surface area contributed by atoms with Gasteiger partial charge in [0.15, 0.2) is 0 Å². The Labute approximate surface area is 123 Å². The van der Waals surface area contributed by atoms with E-state index in [0.29, 0.717) is 24.5 Å². The molecule has 1 heterocycles. The van der Waals surface area contributed by atoms with Gasteiger partial charge in [0, 0.05) is 18.6 Å². The Hall–Kier alpha value is -0.610. The Morgan fingerprint density at radius 2 is 1.90 bits per heavy atom. The summed E-state index contributed by atoms with van der Waals surface area (Å²) in [5.74, 6) is 1.11. The highest BCUT2D eigenvalue weighted by molar-refractivity contribution is 5.78. The van der Waals surface area contributed by atoms with E-state index in [1.54, 1.807) is 0 Å². The molecule has 2 fully saturated rings. The fraction of sp³-hybridized carbons (Fsp3) is 0.938. The Bertz CT molecular complexity index is 309. The largest absolute Gasteiger partial charge is 0.339 e. The van der Waals surface area contributed by atoms with E-state index >= 15 is 0 Å². The van der Waals surface area contributed by atoms with E-state index < -0.39 is 0 Å². The fourth-order valence-corrected chi connectivity index (χ4v) is 3.41. The average molecular weight is 281 g/mol. The van der Waals surface area contributed by atoms with Crippen LogP contribution in [0, 0.1) is 5.92 Å². The second kappa shape index (κ2) is 7.41. The maximum absolute atomic E-state index is 12.3. The molecule has 1 aliphatic carbocycles. The number of carbonyl (C=O) groups excluding carboxylic acids is 1. The molecular formula is C16H31N3O. The molecule has 1 saturated heterocycles. The van der Waals surface area contributed by atoms with E-state index in [0.717, 1.165) is 32.1 Å². The standard InChI is InChI=1S/C16H31N3O/c1-4-17-13(3)14-8-10-18(11-9-14)12-16(20)19(5-2)15-6-7-15/h13-15,17H,4-12H2,1-3H3. The summed E-state index contributed by atoms with van der Waals surface area (Å²) in [5, 5.41) is 3.53. The van der Waals surface area contributed by atoms with Gasteiger partial charge >= 0.3 is 0 Å². The molecule has 1 atom stereocenters. The van der Waals surface area contributed by atoms with Crippen LogP contribution in [-0.2, 0) is 4.79 Å². The first kappa shape index (κ1) is 15.8. The number of hydrogen-bond acceptors (Lipinski definition) is 3. The molecule has 0 aromatic heterocycles. The molecule has 20 heavy (non-hydrogen) atoms. The number of likely N-dealkylation sites (tertiary alicyclic amines) is 1. The summed E-state index contributed by atoms with van der Waals surface area (Å²) in [5.41, 5.74) is 0. The van der Waals surface area contributed by atoms with Crippen LogP contribution in [0.2, 0.25) is 0 Å². The predicted molar refractivity (Wildman–Crippen MR) is 82.7 cm³/mol. The van der Waals surface area contributed by atoms with Crippen LogP contribution < -0.4 is 5.32 Å². The maximum Gasteiger partial charge on any atom is 0.236 e. The molecule has 2 aliphatic rings. The lowest BCUT2D eigenvalue weighted by Gasteiger charge is -2.35. The van der Waals surface area contributed by atoms with Crippen molar-refractivity contribution in [2.45, 2.75) is 58.5 Å². The van der Waals surface area contributed by atoms with Gasteiger partial charge in [-0.2, -0.15) is 0 Å². The zero-order chi connectivity index (χ0) is 14.5. The molecule has 116 valence electrons. The van der Waals surface area contributed by atoms with Gasteiger partial charge in [0.1, 0.15) is 0 Å². The Kier molecular flexibility index (Phi) is 5.85. The molecule has 1 saturated carbocycles. The lowest BCUT2D eigenvalue weighted by molar-refractivity contribution is -0.133. The summed E-state index contributed by atoms with van der Waals surface area (Å²) in [6.45, 7) is 11.3. The molecular weight excluding hydrogens is 250 g/mol. The van der Waals surface area contributed by atoms with Crippen molar-refractivity contribution in [3.05, 3.63) is 0 Å². The Balaban J connectivity index is 1.72. The zero-order valence-corrected chi connectivity index (χ0v) is 13.4. The van der Waals surface area contributed by atoms with Crippen LogP contribution in [0.5, 0.6) is 0 Å². The summed E-state index contributed by atoms with van der Waals surface area (Å²) in [6.07, 6.45) is 4.86. The van der Waals surface area contributed by atoms with E-state index in [1.807, 2.05) is 0 Å². The van der Waals surface area contributed by atoms with Crippen molar-refractivity contribution < 1.29 is 4.79 Å². The van der Waals surface area contributed by atoms with Crippen molar-refractivity contribution >= 4 is 5.91 Å². The highest BCUT2D eigenvalue weighted by Gasteiger charge is 2.32. The minimum Gasteiger partial charge on any atom is -0.339 e. The molecule has 0 bridgehead atoms. The van der Waals surface area contributed by atoms with Gasteiger partial charge in [-0.15, -0.1) is 0 Å². The molecule has 1 aliphatic heterocycles. The van der Waals surface area contributed by atoms with Crippen LogP contribution in [0.3, 0.4) is 0 Å². The Morgan fingerprint density at radius 1 is 1.25 bits per heavy atom. The number of nitrogens with one attached hydrogen (secondary N) is 1. The van der Waals surface area contributed by atoms with Gasteiger partial charge in [0.05, 0.1) is 6.54 Å². The molecule has 4 nitrogen and oxygen atoms in total. The quantitative estimate of drug-likeness (QED) is 0.771. The van der Waals surface area contributed by atoms with Gasteiger partial charge in [-0.1, -0.05) is 6.92 Å². The van der Waals surface area contributed by atoms with Gasteiger partial charge in [0.25, 0.3) is 0 Å². The van der Waals surface area contributed by atoms with Gasteiger partial charge < -0.3 is 10.2 Å². The van der Waals surface area contributed by atoms with Gasteiger partial charge in [-0.05, 0) is 65.1 Å². The van der Waals surface area contributed by atoms with Crippen LogP contribution in [0.1, 0.15) is 46.5 Å². The SMILES string of the molecule is CCNC(C)C1CCN(CC(=O)N(CC)C2CC2)CC1. The molecule has 1 amide bonds. The molecule has 0 spiro atoms. The molecule has 4 heteroatoms. The van der Waals surface area contributed by atoms with Crippen molar-refractivity contribution in [2.75, 3.05) is 32.7 Å². The third-order valence-electron chi connectivity index (χ3n) is 4.87. The summed E-state index contributed by atoms with van der Waals surface area (Å²) in [7, 11) is 0. The van der Waals surface area contributed by atoms with E-state index in [4.69, 9.17) is 0 Å². The molecule has 1 N–H and O–H groups in total. The second-order valence-corrected chi connectivity index (χ2v) is 6.37. The first-order chi connectivity index (χ1) is 9.65. The van der Waals surface area contributed by atoms with Crippen LogP contribution in [0.15, 0.2) is 0 Å². The first-order valence-electron chi connectivity index (χ1n) is 8.40. The summed E-state index contributed by atoms with van der Waals surface area (Å²) >= 11 is 0. The van der Waals surface area contributed by atoms with Gasteiger partial charge in [-0.3, -0.25) is 9.69 Å². The number of nitrogens with zero attached hydrogens (tertiary/aromatic N) is 2. The summed E-state index contributed by atoms with van der Waals surface area (Å²) < 4.78 is 0. The molecule has 2 rings (SSSR count). The smallest absolute Gasteiger partial charge is 0.236 e. The molecule has 0 aromatic carbocycles. The number of piperidine rings is 1. The minimum atomic E-state index is 0.341. The highest BCUT2D eigenvalue weighted by Crippen LogP contribution is 2.27. The number of rotatable bonds is 7. The number of likely N-dealkylation sites (N-methyl/N-ethyl adjacent to an activating group) is 1. The monoisotopic (exact) mass is 281 g/mol. The minimum absolute atomic E-state index is 0.341. The van der Waals surface area contributed by atoms with Crippen molar-refractivity contribution in [1.29, 1.82) is 0 Å². The van der Waals surface area contributed by atoms with Crippen LogP contribution in [-0.4, -0.2) is 60.5 Å². The molecule has 1 unspecified atom stereocenters. The Morgan fingerprint density at radius 3 is 2.40 bits per heavy atom. The summed E-state index contributed by atoms with van der Waals surface area (Å²) in [4.78, 5) is 16.7.